The second kappa shape index (κ2) is 7.60. The third-order valence-electron chi connectivity index (χ3n) is 10.4. The summed E-state index contributed by atoms with van der Waals surface area (Å²) in [5.41, 5.74) is 1.05. The van der Waals surface area contributed by atoms with Gasteiger partial charge in [-0.25, -0.2) is 4.68 Å². The minimum Gasteiger partial charge on any atom is -0.392 e. The van der Waals surface area contributed by atoms with Gasteiger partial charge in [0.05, 0.1) is 24.3 Å². The lowest BCUT2D eigenvalue weighted by Crippen LogP contribution is -2.64. The van der Waals surface area contributed by atoms with Crippen LogP contribution in [0.5, 0.6) is 0 Å². The first-order chi connectivity index (χ1) is 17.0. The lowest BCUT2D eigenvalue weighted by molar-refractivity contribution is -0.198. The summed E-state index contributed by atoms with van der Waals surface area (Å²) in [4.78, 5) is 0. The lowest BCUT2D eigenvalue weighted by atomic mass is 9.58. The van der Waals surface area contributed by atoms with Crippen LogP contribution in [0.25, 0.3) is 11.3 Å². The molecule has 1 spiro atoms. The number of aliphatic hydroxyl groups excluding tert-OH is 3. The molecule has 1 unspecified atom stereocenters. The molecule has 4 aliphatic rings. The monoisotopic (exact) mass is 491 g/mol. The van der Waals surface area contributed by atoms with E-state index in [1.165, 1.54) is 0 Å². The molecule has 4 aliphatic carbocycles. The van der Waals surface area contributed by atoms with Crippen molar-refractivity contribution in [2.75, 3.05) is 6.61 Å². The minimum atomic E-state index is -1.81. The van der Waals surface area contributed by atoms with E-state index >= 15 is 0 Å². The minimum absolute atomic E-state index is 0.0666. The van der Waals surface area contributed by atoms with E-state index in [1.807, 2.05) is 56.5 Å². The Kier molecular flexibility index (Phi) is 5.08. The van der Waals surface area contributed by atoms with E-state index in [2.05, 4.69) is 31.1 Å². The second-order valence-corrected chi connectivity index (χ2v) is 12.4. The van der Waals surface area contributed by atoms with Crippen molar-refractivity contribution in [2.45, 2.75) is 64.9 Å². The molecule has 1 aromatic heterocycles. The summed E-state index contributed by atoms with van der Waals surface area (Å²) in [6, 6.07) is 7.18. The first-order valence-corrected chi connectivity index (χ1v) is 13.1. The van der Waals surface area contributed by atoms with Crippen LogP contribution in [0.3, 0.4) is 0 Å². The van der Waals surface area contributed by atoms with Crippen molar-refractivity contribution >= 4 is 0 Å². The average molecular weight is 492 g/mol. The highest BCUT2D eigenvalue weighted by Crippen LogP contribution is 2.73. The Morgan fingerprint density at radius 2 is 1.86 bits per heavy atom. The van der Waals surface area contributed by atoms with E-state index in [0.717, 1.165) is 23.1 Å². The Hall–Kier alpha value is -2.32. The van der Waals surface area contributed by atoms with Gasteiger partial charge in [0.1, 0.15) is 23.4 Å². The summed E-state index contributed by atoms with van der Waals surface area (Å²) in [6.45, 7) is 10.1. The van der Waals surface area contributed by atoms with E-state index in [9.17, 15) is 20.4 Å². The summed E-state index contributed by atoms with van der Waals surface area (Å²) < 4.78 is 1.63. The van der Waals surface area contributed by atoms with Crippen molar-refractivity contribution in [3.8, 4) is 11.3 Å². The van der Waals surface area contributed by atoms with Crippen molar-refractivity contribution in [1.82, 2.24) is 15.0 Å². The van der Waals surface area contributed by atoms with Gasteiger partial charge < -0.3 is 20.4 Å². The number of aryl methyl sites for hydroxylation is 1. The second-order valence-electron chi connectivity index (χ2n) is 12.4. The first kappa shape index (κ1) is 24.0. The molecule has 1 heterocycles. The fraction of sp³-hybridized carbons (Fsp3) is 0.586. The highest BCUT2D eigenvalue weighted by atomic mass is 16.4. The molecule has 0 saturated heterocycles. The fourth-order valence-corrected chi connectivity index (χ4v) is 8.54. The average Bonchev–Trinajstić information content (AvgIpc) is 3.13. The first-order valence-electron chi connectivity index (χ1n) is 13.1. The van der Waals surface area contributed by atoms with Crippen molar-refractivity contribution in [2.24, 2.45) is 34.5 Å². The van der Waals surface area contributed by atoms with Crippen molar-refractivity contribution in [3.05, 3.63) is 59.3 Å². The maximum Gasteiger partial charge on any atom is 0.132 e. The highest BCUT2D eigenvalue weighted by molar-refractivity contribution is 5.62. The smallest absolute Gasteiger partial charge is 0.132 e. The molecule has 0 aliphatic heterocycles. The lowest BCUT2D eigenvalue weighted by Gasteiger charge is -2.52. The number of nitrogens with zero attached hydrogens (tertiary/aromatic N) is 3. The van der Waals surface area contributed by atoms with Gasteiger partial charge in [-0.15, -0.1) is 5.10 Å². The molecule has 0 amide bonds. The van der Waals surface area contributed by atoms with E-state index in [-0.39, 0.29) is 29.8 Å². The Morgan fingerprint density at radius 3 is 2.56 bits per heavy atom. The van der Waals surface area contributed by atoms with Crippen LogP contribution in [0, 0.1) is 41.4 Å². The molecular weight excluding hydrogens is 454 g/mol. The number of aromatic nitrogens is 3. The Balaban J connectivity index is 1.52. The van der Waals surface area contributed by atoms with E-state index in [0.29, 0.717) is 17.2 Å². The van der Waals surface area contributed by atoms with Gasteiger partial charge in [-0.3, -0.25) is 0 Å². The molecule has 2 fully saturated rings. The van der Waals surface area contributed by atoms with E-state index in [4.69, 9.17) is 0 Å². The van der Waals surface area contributed by atoms with Crippen LogP contribution in [0.2, 0.25) is 0 Å². The molecule has 2 aromatic rings. The summed E-state index contributed by atoms with van der Waals surface area (Å²) in [5, 5.41) is 55.9. The Labute approximate surface area is 212 Å². The third kappa shape index (κ3) is 2.77. The van der Waals surface area contributed by atoms with Crippen molar-refractivity contribution < 1.29 is 20.4 Å². The van der Waals surface area contributed by atoms with Crippen molar-refractivity contribution in [3.63, 3.8) is 0 Å². The maximum absolute atomic E-state index is 12.8. The van der Waals surface area contributed by atoms with Crippen LogP contribution < -0.4 is 0 Å². The molecule has 4 N–H and O–H groups in total. The van der Waals surface area contributed by atoms with Crippen LogP contribution in [-0.2, 0) is 0 Å². The molecular formula is C29H37N3O4. The molecule has 0 radical (unpaired) electrons. The number of aliphatic hydroxyl groups is 4. The Morgan fingerprint density at radius 1 is 1.14 bits per heavy atom. The number of fused-ring (bicyclic) bond motifs is 3. The van der Waals surface area contributed by atoms with Crippen LogP contribution in [0.4, 0.5) is 0 Å². The summed E-state index contributed by atoms with van der Waals surface area (Å²) in [7, 11) is 0. The quantitative estimate of drug-likeness (QED) is 0.491. The fourth-order valence-electron chi connectivity index (χ4n) is 8.54. The third-order valence-corrected chi connectivity index (χ3v) is 10.4. The van der Waals surface area contributed by atoms with Crippen LogP contribution in [0.15, 0.2) is 53.8 Å². The normalized spacial score (nSPS) is 42.5. The van der Waals surface area contributed by atoms with Crippen LogP contribution in [0.1, 0.15) is 45.7 Å². The molecule has 1 aromatic carbocycles. The summed E-state index contributed by atoms with van der Waals surface area (Å²) in [6.07, 6.45) is 4.25. The highest BCUT2D eigenvalue weighted by Gasteiger charge is 2.75. The summed E-state index contributed by atoms with van der Waals surface area (Å²) in [5.74, 6) is 0.283. The Bertz CT molecular complexity index is 1280. The van der Waals surface area contributed by atoms with Crippen LogP contribution in [-0.4, -0.2) is 59.8 Å². The molecule has 6 rings (SSSR count). The standard InChI is InChI=1S/C29H37N3O4/c1-15-8-6-7-9-19(15)22-13-32(31-30-22)24-16(2)12-28-17(3)10-21-23(27(21,4)5)20(26(28)35)11-18(14-33)25(34)29(24,28)36/h6-9,11-13,17,20-21,23-26,33-36H,10,14H2,1-5H3/t17-,20+,21-,23+,24+,25-,26?,28+,29-/m1/s1. The van der Waals surface area contributed by atoms with Crippen LogP contribution >= 0.6 is 0 Å². The molecule has 2 bridgehead atoms. The predicted octanol–water partition coefficient (Wildman–Crippen LogP) is 3.05. The zero-order valence-electron chi connectivity index (χ0n) is 21.6. The number of hydrogen-bond acceptors (Lipinski definition) is 6. The van der Waals surface area contributed by atoms with Gasteiger partial charge >= 0.3 is 0 Å². The summed E-state index contributed by atoms with van der Waals surface area (Å²) >= 11 is 0. The molecule has 36 heavy (non-hydrogen) atoms. The van der Waals surface area contributed by atoms with Crippen molar-refractivity contribution in [1.29, 1.82) is 0 Å². The molecule has 7 heteroatoms. The number of rotatable bonds is 3. The number of benzene rings is 1. The molecule has 7 nitrogen and oxygen atoms in total. The predicted molar refractivity (Wildman–Crippen MR) is 136 cm³/mol. The van der Waals surface area contributed by atoms with Gasteiger partial charge in [0.2, 0.25) is 0 Å². The number of hydrogen-bond donors (Lipinski definition) is 4. The van der Waals surface area contributed by atoms with Gasteiger partial charge in [0.25, 0.3) is 0 Å². The van der Waals surface area contributed by atoms with Gasteiger partial charge in [-0.1, -0.05) is 62.4 Å². The largest absolute Gasteiger partial charge is 0.392 e. The zero-order valence-corrected chi connectivity index (χ0v) is 21.6. The molecule has 9 atom stereocenters. The van der Waals surface area contributed by atoms with E-state index < -0.39 is 29.3 Å². The molecule has 2 saturated carbocycles. The van der Waals surface area contributed by atoms with Gasteiger partial charge in [-0.2, -0.15) is 0 Å². The topological polar surface area (TPSA) is 112 Å². The van der Waals surface area contributed by atoms with Gasteiger partial charge in [0.15, 0.2) is 0 Å². The SMILES string of the molecule is CC1=C[C@]23C(O)[C@@H](C=C(CO)[C@@H](O)[C@]2(O)[C@H]1n1cc(-c2ccccc2C)nn1)[C@H]1[C@@H](C[C@H]3C)C1(C)C. The molecule has 192 valence electrons. The zero-order chi connectivity index (χ0) is 25.8. The van der Waals surface area contributed by atoms with E-state index in [1.54, 1.807) is 4.68 Å². The van der Waals surface area contributed by atoms with Gasteiger partial charge in [0, 0.05) is 11.5 Å². The maximum atomic E-state index is 12.8. The van der Waals surface area contributed by atoms with Gasteiger partial charge in [-0.05, 0) is 60.1 Å².